The fraction of sp³-hybridized carbons (Fsp3) is 0.407. The van der Waals surface area contributed by atoms with Crippen LogP contribution in [0.3, 0.4) is 0 Å². The predicted molar refractivity (Wildman–Crippen MR) is 140 cm³/mol. The maximum absolute atomic E-state index is 13.9. The average Bonchev–Trinajstić information content (AvgIpc) is 3.59. The number of methoxy groups -OCH3 is 2. The first kappa shape index (κ1) is 25.3. The molecule has 35 heavy (non-hydrogen) atoms. The van der Waals surface area contributed by atoms with E-state index in [2.05, 4.69) is 5.32 Å². The summed E-state index contributed by atoms with van der Waals surface area (Å²) in [4.78, 5) is 31.4. The molecule has 8 heteroatoms. The number of nitrogens with one attached hydrogen (secondary N) is 1. The molecule has 2 heterocycles. The highest BCUT2D eigenvalue weighted by molar-refractivity contribution is 7.10. The van der Waals surface area contributed by atoms with Crippen molar-refractivity contribution >= 4 is 34.5 Å². The maximum Gasteiger partial charge on any atom is 0.247 e. The normalized spacial score (nSPS) is 14.8. The number of carbonyl (C=O) groups excluding carboxylic acids is 2. The van der Waals surface area contributed by atoms with Crippen molar-refractivity contribution in [3.05, 3.63) is 68.5 Å². The number of carbonyl (C=O) groups is 2. The zero-order chi connectivity index (χ0) is 24.6. The van der Waals surface area contributed by atoms with Crippen LogP contribution >= 0.6 is 22.7 Å². The van der Waals surface area contributed by atoms with Crippen LogP contribution in [0, 0.1) is 0 Å². The Kier molecular flexibility index (Phi) is 8.82. The zero-order valence-corrected chi connectivity index (χ0v) is 21.8. The van der Waals surface area contributed by atoms with E-state index in [0.717, 1.165) is 35.4 Å². The van der Waals surface area contributed by atoms with Gasteiger partial charge in [0.05, 0.1) is 27.2 Å². The summed E-state index contributed by atoms with van der Waals surface area (Å²) in [5.74, 6) is 0.888. The number of rotatable bonds is 10. The molecule has 0 unspecified atom stereocenters. The van der Waals surface area contributed by atoms with E-state index in [1.165, 1.54) is 6.42 Å². The molecule has 1 aliphatic carbocycles. The minimum absolute atomic E-state index is 0.0949. The van der Waals surface area contributed by atoms with Gasteiger partial charge in [-0.1, -0.05) is 31.4 Å². The number of benzene rings is 1. The fourth-order valence-electron chi connectivity index (χ4n) is 4.58. The smallest absolute Gasteiger partial charge is 0.247 e. The molecule has 0 bridgehead atoms. The number of nitrogens with zero attached hydrogens (tertiary/aromatic N) is 1. The van der Waals surface area contributed by atoms with Gasteiger partial charge in [0.1, 0.15) is 17.5 Å². The molecule has 0 saturated heterocycles. The maximum atomic E-state index is 13.9. The molecule has 3 aromatic rings. The van der Waals surface area contributed by atoms with E-state index in [0.29, 0.717) is 23.6 Å². The summed E-state index contributed by atoms with van der Waals surface area (Å²) in [6, 6.07) is 12.6. The van der Waals surface area contributed by atoms with E-state index in [4.69, 9.17) is 9.47 Å². The summed E-state index contributed by atoms with van der Waals surface area (Å²) in [7, 11) is 3.17. The van der Waals surface area contributed by atoms with E-state index in [1.54, 1.807) is 47.9 Å². The Morgan fingerprint density at radius 3 is 2.34 bits per heavy atom. The molecular weight excluding hydrogens is 480 g/mol. The molecule has 2 amide bonds. The lowest BCUT2D eigenvalue weighted by Gasteiger charge is -2.34. The van der Waals surface area contributed by atoms with Crippen molar-refractivity contribution in [2.45, 2.75) is 57.2 Å². The van der Waals surface area contributed by atoms with Gasteiger partial charge in [-0.25, -0.2) is 0 Å². The van der Waals surface area contributed by atoms with E-state index in [9.17, 15) is 9.59 Å². The summed E-state index contributed by atoms with van der Waals surface area (Å²) >= 11 is 3.13. The van der Waals surface area contributed by atoms with Crippen LogP contribution < -0.4 is 14.8 Å². The number of amides is 2. The SMILES string of the molecule is COc1ccc([C@@H](C(=O)NC2CCCCC2)N(Cc2cccs2)C(=O)Cc2cccs2)c(OC)c1. The Hall–Kier alpha value is -2.84. The van der Waals surface area contributed by atoms with E-state index >= 15 is 0 Å². The minimum Gasteiger partial charge on any atom is -0.497 e. The summed E-state index contributed by atoms with van der Waals surface area (Å²) in [5, 5.41) is 7.21. The van der Waals surface area contributed by atoms with Crippen LogP contribution in [-0.2, 0) is 22.6 Å². The lowest BCUT2D eigenvalue weighted by atomic mass is 9.94. The molecule has 1 aromatic carbocycles. The van der Waals surface area contributed by atoms with Gasteiger partial charge in [-0.2, -0.15) is 0 Å². The van der Waals surface area contributed by atoms with Gasteiger partial charge in [0.2, 0.25) is 11.8 Å². The largest absolute Gasteiger partial charge is 0.497 e. The van der Waals surface area contributed by atoms with Gasteiger partial charge in [-0.3, -0.25) is 9.59 Å². The van der Waals surface area contributed by atoms with E-state index in [1.807, 2.05) is 47.2 Å². The number of thiophene rings is 2. The Balaban J connectivity index is 1.73. The Labute approximate surface area is 214 Å². The first-order valence-corrected chi connectivity index (χ1v) is 13.7. The van der Waals surface area contributed by atoms with Crippen molar-refractivity contribution in [2.24, 2.45) is 0 Å². The van der Waals surface area contributed by atoms with Crippen molar-refractivity contribution < 1.29 is 19.1 Å². The lowest BCUT2D eigenvalue weighted by Crippen LogP contribution is -2.47. The van der Waals surface area contributed by atoms with Crippen LogP contribution in [0.5, 0.6) is 11.5 Å². The second-order valence-electron chi connectivity index (χ2n) is 8.71. The summed E-state index contributed by atoms with van der Waals surface area (Å²) in [6.45, 7) is 0.347. The van der Waals surface area contributed by atoms with Gasteiger partial charge in [0.25, 0.3) is 0 Å². The van der Waals surface area contributed by atoms with Crippen LogP contribution in [0.4, 0.5) is 0 Å². The quantitative estimate of drug-likeness (QED) is 0.385. The molecule has 4 rings (SSSR count). The number of hydrogen-bond acceptors (Lipinski definition) is 6. The highest BCUT2D eigenvalue weighted by atomic mass is 32.1. The van der Waals surface area contributed by atoms with Crippen molar-refractivity contribution in [2.75, 3.05) is 14.2 Å². The molecule has 0 radical (unpaired) electrons. The zero-order valence-electron chi connectivity index (χ0n) is 20.2. The second kappa shape index (κ2) is 12.2. The van der Waals surface area contributed by atoms with E-state index < -0.39 is 6.04 Å². The molecule has 1 atom stereocenters. The molecule has 0 spiro atoms. The molecule has 6 nitrogen and oxygen atoms in total. The van der Waals surface area contributed by atoms with Crippen molar-refractivity contribution in [3.63, 3.8) is 0 Å². The average molecular weight is 513 g/mol. The van der Waals surface area contributed by atoms with Crippen LogP contribution in [0.25, 0.3) is 0 Å². The standard InChI is InChI=1S/C27H32N2O4S2/c1-32-20-12-13-23(24(16-20)33-2)26(27(31)28-19-8-4-3-5-9-19)29(18-22-11-7-15-35-22)25(30)17-21-10-6-14-34-21/h6-7,10-16,19,26H,3-5,8-9,17-18H2,1-2H3,(H,28,31)/t26-/m0/s1. The van der Waals surface area contributed by atoms with Gasteiger partial charge in [0.15, 0.2) is 0 Å². The lowest BCUT2D eigenvalue weighted by molar-refractivity contribution is -0.141. The monoisotopic (exact) mass is 512 g/mol. The van der Waals surface area contributed by atoms with Crippen molar-refractivity contribution in [1.82, 2.24) is 10.2 Å². The van der Waals surface area contributed by atoms with Crippen LogP contribution in [0.15, 0.2) is 53.2 Å². The predicted octanol–water partition coefficient (Wildman–Crippen LogP) is 5.59. The Morgan fingerprint density at radius 2 is 1.71 bits per heavy atom. The van der Waals surface area contributed by atoms with Gasteiger partial charge in [-0.15, -0.1) is 22.7 Å². The second-order valence-corrected chi connectivity index (χ2v) is 10.8. The molecule has 1 N–H and O–H groups in total. The van der Waals surface area contributed by atoms with Crippen molar-refractivity contribution in [1.29, 1.82) is 0 Å². The third-order valence-corrected chi connectivity index (χ3v) is 8.12. The topological polar surface area (TPSA) is 67.9 Å². The third-order valence-electron chi connectivity index (χ3n) is 6.38. The van der Waals surface area contributed by atoms with Gasteiger partial charge < -0.3 is 19.7 Å². The molecule has 1 fully saturated rings. The minimum atomic E-state index is -0.827. The Bertz CT molecular complexity index is 1090. The molecule has 1 saturated carbocycles. The van der Waals surface area contributed by atoms with E-state index in [-0.39, 0.29) is 24.3 Å². The first-order valence-electron chi connectivity index (χ1n) is 12.0. The van der Waals surface area contributed by atoms with Gasteiger partial charge >= 0.3 is 0 Å². The van der Waals surface area contributed by atoms with Crippen LogP contribution in [0.2, 0.25) is 0 Å². The molecule has 186 valence electrons. The molecule has 2 aromatic heterocycles. The number of ether oxygens (including phenoxy) is 2. The highest BCUT2D eigenvalue weighted by Gasteiger charge is 2.35. The molecule has 0 aliphatic heterocycles. The third kappa shape index (κ3) is 6.44. The summed E-state index contributed by atoms with van der Waals surface area (Å²) in [5.41, 5.74) is 0.651. The molecular formula is C27H32N2O4S2. The fourth-order valence-corrected chi connectivity index (χ4v) is 5.98. The van der Waals surface area contributed by atoms with Gasteiger partial charge in [-0.05, 0) is 47.9 Å². The number of hydrogen-bond donors (Lipinski definition) is 1. The Morgan fingerprint density at radius 1 is 1.00 bits per heavy atom. The first-order chi connectivity index (χ1) is 17.1. The van der Waals surface area contributed by atoms with Gasteiger partial charge in [0, 0.05) is 27.4 Å². The highest BCUT2D eigenvalue weighted by Crippen LogP contribution is 2.35. The summed E-state index contributed by atoms with van der Waals surface area (Å²) in [6.07, 6.45) is 5.59. The van der Waals surface area contributed by atoms with Crippen LogP contribution in [-0.4, -0.2) is 37.0 Å². The molecule has 1 aliphatic rings. The van der Waals surface area contributed by atoms with Crippen molar-refractivity contribution in [3.8, 4) is 11.5 Å². The van der Waals surface area contributed by atoms with Crippen LogP contribution in [0.1, 0.15) is 53.5 Å². The summed E-state index contributed by atoms with van der Waals surface area (Å²) < 4.78 is 11.1.